The van der Waals surface area contributed by atoms with Crippen LogP contribution in [0.15, 0.2) is 0 Å². The van der Waals surface area contributed by atoms with Crippen LogP contribution in [0.5, 0.6) is 0 Å². The Hall–Kier alpha value is -0.550. The molecule has 0 saturated heterocycles. The molecule has 0 aromatic heterocycles. The third-order valence-corrected chi connectivity index (χ3v) is 3.55. The number of nitrogens with one attached hydrogen (secondary N) is 1. The van der Waals surface area contributed by atoms with Crippen LogP contribution in [-0.2, 0) is 0 Å². The zero-order valence-electron chi connectivity index (χ0n) is 10.1. The molecule has 1 aliphatic carbocycles. The lowest BCUT2D eigenvalue weighted by Gasteiger charge is -2.35. The van der Waals surface area contributed by atoms with E-state index < -0.39 is 0 Å². The molecule has 0 aliphatic heterocycles. The van der Waals surface area contributed by atoms with Gasteiger partial charge in [0.05, 0.1) is 6.07 Å². The Bertz CT molecular complexity index is 205. The molecule has 1 fully saturated rings. The zero-order valence-corrected chi connectivity index (χ0v) is 10.1. The fraction of sp³-hybridized carbons (Fsp3) is 0.923. The van der Waals surface area contributed by atoms with Crippen LogP contribution in [0.4, 0.5) is 0 Å². The van der Waals surface area contributed by atoms with Crippen molar-refractivity contribution in [2.45, 2.75) is 58.4 Å². The number of nitrogens with zero attached hydrogens (tertiary/aromatic N) is 1. The largest absolute Gasteiger partial charge is 0.314 e. The van der Waals surface area contributed by atoms with E-state index in [0.717, 1.165) is 24.8 Å². The molecule has 0 aromatic carbocycles. The standard InChI is InChI=1S/C13H24N2/c1-11(2)12-7-3-4-8-13(12)15-10-6-5-9-14/h11-13,15H,3-8,10H2,1-2H3. The highest BCUT2D eigenvalue weighted by molar-refractivity contribution is 4.83. The molecule has 15 heavy (non-hydrogen) atoms. The number of unbranched alkanes of at least 4 members (excludes halogenated alkanes) is 1. The first-order valence-corrected chi connectivity index (χ1v) is 6.36. The van der Waals surface area contributed by atoms with Gasteiger partial charge in [-0.25, -0.2) is 0 Å². The summed E-state index contributed by atoms with van der Waals surface area (Å²) in [7, 11) is 0. The highest BCUT2D eigenvalue weighted by Crippen LogP contribution is 2.30. The summed E-state index contributed by atoms with van der Waals surface area (Å²) >= 11 is 0. The summed E-state index contributed by atoms with van der Waals surface area (Å²) < 4.78 is 0. The van der Waals surface area contributed by atoms with Gasteiger partial charge in [-0.2, -0.15) is 5.26 Å². The van der Waals surface area contributed by atoms with Crippen molar-refractivity contribution in [3.05, 3.63) is 0 Å². The minimum absolute atomic E-state index is 0.687. The van der Waals surface area contributed by atoms with E-state index in [1.807, 2.05) is 0 Å². The summed E-state index contributed by atoms with van der Waals surface area (Å²) in [6.07, 6.45) is 7.17. The maximum Gasteiger partial charge on any atom is 0.0622 e. The van der Waals surface area contributed by atoms with Crippen molar-refractivity contribution in [3.63, 3.8) is 0 Å². The molecule has 2 heteroatoms. The molecule has 2 atom stereocenters. The number of hydrogen-bond donors (Lipinski definition) is 1. The summed E-state index contributed by atoms with van der Waals surface area (Å²) in [5, 5.41) is 12.1. The Morgan fingerprint density at radius 1 is 1.33 bits per heavy atom. The van der Waals surface area contributed by atoms with E-state index in [4.69, 9.17) is 5.26 Å². The quantitative estimate of drug-likeness (QED) is 0.705. The van der Waals surface area contributed by atoms with Gasteiger partial charge in [0.25, 0.3) is 0 Å². The van der Waals surface area contributed by atoms with Crippen molar-refractivity contribution in [3.8, 4) is 6.07 Å². The van der Waals surface area contributed by atoms with Gasteiger partial charge < -0.3 is 5.32 Å². The molecule has 1 N–H and O–H groups in total. The van der Waals surface area contributed by atoms with E-state index in [-0.39, 0.29) is 0 Å². The second kappa shape index (κ2) is 6.85. The van der Waals surface area contributed by atoms with Crippen molar-refractivity contribution < 1.29 is 0 Å². The van der Waals surface area contributed by atoms with Gasteiger partial charge in [0.15, 0.2) is 0 Å². The molecule has 2 unspecified atom stereocenters. The normalized spacial score (nSPS) is 26.5. The number of rotatable bonds is 5. The molecule has 1 saturated carbocycles. The van der Waals surface area contributed by atoms with Crippen LogP contribution in [0.1, 0.15) is 52.4 Å². The molecule has 0 heterocycles. The van der Waals surface area contributed by atoms with Crippen LogP contribution < -0.4 is 5.32 Å². The van der Waals surface area contributed by atoms with Gasteiger partial charge in [-0.3, -0.25) is 0 Å². The Kier molecular flexibility index (Phi) is 5.71. The summed E-state index contributed by atoms with van der Waals surface area (Å²) in [4.78, 5) is 0. The first-order chi connectivity index (χ1) is 7.25. The average molecular weight is 208 g/mol. The number of hydrogen-bond acceptors (Lipinski definition) is 2. The van der Waals surface area contributed by atoms with E-state index >= 15 is 0 Å². The fourth-order valence-electron chi connectivity index (χ4n) is 2.67. The maximum absolute atomic E-state index is 8.47. The van der Waals surface area contributed by atoms with Gasteiger partial charge in [0.1, 0.15) is 0 Å². The van der Waals surface area contributed by atoms with Gasteiger partial charge in [0, 0.05) is 12.5 Å². The Labute approximate surface area is 94.1 Å². The second-order valence-electron chi connectivity index (χ2n) is 5.01. The third kappa shape index (κ3) is 4.22. The van der Waals surface area contributed by atoms with Crippen LogP contribution in [0.3, 0.4) is 0 Å². The molecule has 0 aromatic rings. The SMILES string of the molecule is CC(C)C1CCCCC1NCCCC#N. The molecular formula is C13H24N2. The van der Waals surface area contributed by atoms with Crippen molar-refractivity contribution in [1.82, 2.24) is 5.32 Å². The summed E-state index contributed by atoms with van der Waals surface area (Å²) in [6.45, 7) is 5.68. The van der Waals surface area contributed by atoms with Gasteiger partial charge in [0.2, 0.25) is 0 Å². The average Bonchev–Trinajstić information content (AvgIpc) is 2.25. The molecule has 0 spiro atoms. The minimum atomic E-state index is 0.687. The Balaban J connectivity index is 2.27. The molecule has 0 amide bonds. The second-order valence-corrected chi connectivity index (χ2v) is 5.01. The van der Waals surface area contributed by atoms with E-state index in [1.165, 1.54) is 25.7 Å². The molecule has 0 radical (unpaired) electrons. The van der Waals surface area contributed by atoms with Gasteiger partial charge in [-0.05, 0) is 37.6 Å². The van der Waals surface area contributed by atoms with Crippen molar-refractivity contribution >= 4 is 0 Å². The van der Waals surface area contributed by atoms with E-state index in [0.29, 0.717) is 12.5 Å². The highest BCUT2D eigenvalue weighted by atomic mass is 14.9. The molecule has 2 nitrogen and oxygen atoms in total. The third-order valence-electron chi connectivity index (χ3n) is 3.55. The van der Waals surface area contributed by atoms with Crippen molar-refractivity contribution in [2.75, 3.05) is 6.54 Å². The van der Waals surface area contributed by atoms with E-state index in [1.54, 1.807) is 0 Å². The predicted molar refractivity (Wildman–Crippen MR) is 63.4 cm³/mol. The highest BCUT2D eigenvalue weighted by Gasteiger charge is 2.26. The lowest BCUT2D eigenvalue weighted by Crippen LogP contribution is -2.41. The monoisotopic (exact) mass is 208 g/mol. The van der Waals surface area contributed by atoms with Crippen LogP contribution in [0.2, 0.25) is 0 Å². The molecule has 0 bridgehead atoms. The van der Waals surface area contributed by atoms with Crippen LogP contribution in [0, 0.1) is 23.2 Å². The Morgan fingerprint density at radius 3 is 2.73 bits per heavy atom. The maximum atomic E-state index is 8.47. The first kappa shape index (κ1) is 12.5. The van der Waals surface area contributed by atoms with Crippen LogP contribution in [0.25, 0.3) is 0 Å². The van der Waals surface area contributed by atoms with Crippen molar-refractivity contribution in [1.29, 1.82) is 5.26 Å². The summed E-state index contributed by atoms with van der Waals surface area (Å²) in [5.41, 5.74) is 0. The summed E-state index contributed by atoms with van der Waals surface area (Å²) in [5.74, 6) is 1.64. The lowest BCUT2D eigenvalue weighted by molar-refractivity contribution is 0.206. The van der Waals surface area contributed by atoms with E-state index in [9.17, 15) is 0 Å². The van der Waals surface area contributed by atoms with Gasteiger partial charge >= 0.3 is 0 Å². The molecule has 1 rings (SSSR count). The smallest absolute Gasteiger partial charge is 0.0622 e. The lowest BCUT2D eigenvalue weighted by atomic mass is 9.78. The first-order valence-electron chi connectivity index (χ1n) is 6.36. The summed E-state index contributed by atoms with van der Waals surface area (Å²) in [6, 6.07) is 2.91. The molecular weight excluding hydrogens is 184 g/mol. The van der Waals surface area contributed by atoms with Crippen molar-refractivity contribution in [2.24, 2.45) is 11.8 Å². The topological polar surface area (TPSA) is 35.8 Å². The fourth-order valence-corrected chi connectivity index (χ4v) is 2.67. The van der Waals surface area contributed by atoms with E-state index in [2.05, 4.69) is 25.2 Å². The molecule has 86 valence electrons. The van der Waals surface area contributed by atoms with Crippen LogP contribution in [-0.4, -0.2) is 12.6 Å². The molecule has 1 aliphatic rings. The van der Waals surface area contributed by atoms with Crippen LogP contribution >= 0.6 is 0 Å². The minimum Gasteiger partial charge on any atom is -0.314 e. The van der Waals surface area contributed by atoms with Gasteiger partial charge in [-0.1, -0.05) is 26.7 Å². The zero-order chi connectivity index (χ0) is 11.1. The van der Waals surface area contributed by atoms with Gasteiger partial charge in [-0.15, -0.1) is 0 Å². The Morgan fingerprint density at radius 2 is 2.07 bits per heavy atom. The number of nitriles is 1. The predicted octanol–water partition coefficient (Wildman–Crippen LogP) is 3.09.